The second-order valence-electron chi connectivity index (χ2n) is 6.61. The summed E-state index contributed by atoms with van der Waals surface area (Å²) in [5.74, 6) is -0.346. The van der Waals surface area contributed by atoms with Crippen LogP contribution in [0.1, 0.15) is 18.4 Å². The largest absolute Gasteiger partial charge is 0.356 e. The van der Waals surface area contributed by atoms with E-state index in [0.717, 1.165) is 12.1 Å². The molecule has 2 aliphatic heterocycles. The number of nitrogens with zero attached hydrogens (tertiary/aromatic N) is 4. The molecule has 1 atom stereocenters. The molecule has 0 aliphatic carbocycles. The number of amides is 1. The Bertz CT molecular complexity index is 922. The summed E-state index contributed by atoms with van der Waals surface area (Å²) in [6.07, 6.45) is 3.26. The van der Waals surface area contributed by atoms with Crippen molar-refractivity contribution in [2.45, 2.75) is 18.5 Å². The lowest BCUT2D eigenvalue weighted by molar-refractivity contribution is -0.130. The van der Waals surface area contributed by atoms with Crippen molar-refractivity contribution in [3.8, 4) is 6.19 Å². The highest BCUT2D eigenvalue weighted by Crippen LogP contribution is 2.34. The Labute approximate surface area is 156 Å². The van der Waals surface area contributed by atoms with E-state index >= 15 is 0 Å². The standard InChI is InChI=1S/C20H18FN5O/c21-16-10-8-15(9-11-16)19-20(13-25(14-22)24-19,26-12-4-7-18(26)27)23-17-5-2-1-3-6-17/h1-3,5-6,8-11,23H,4,7,12-13H2. The maximum absolute atomic E-state index is 13.4. The van der Waals surface area contributed by atoms with Gasteiger partial charge in [-0.1, -0.05) is 30.3 Å². The number of likely N-dealkylation sites (tertiary alicyclic amines) is 1. The van der Waals surface area contributed by atoms with Crippen LogP contribution in [0.2, 0.25) is 0 Å². The molecule has 0 bridgehead atoms. The third-order valence-electron chi connectivity index (χ3n) is 4.88. The Kier molecular flexibility index (Phi) is 4.24. The average Bonchev–Trinajstić information content (AvgIpc) is 3.27. The first kappa shape index (κ1) is 17.0. The van der Waals surface area contributed by atoms with Gasteiger partial charge >= 0.3 is 0 Å². The van der Waals surface area contributed by atoms with Gasteiger partial charge in [0.05, 0.1) is 0 Å². The molecule has 4 rings (SSSR count). The van der Waals surface area contributed by atoms with Crippen molar-refractivity contribution >= 4 is 17.3 Å². The van der Waals surface area contributed by atoms with Gasteiger partial charge in [0.2, 0.25) is 12.1 Å². The van der Waals surface area contributed by atoms with Crippen molar-refractivity contribution in [1.82, 2.24) is 9.91 Å². The number of benzene rings is 2. The van der Waals surface area contributed by atoms with Gasteiger partial charge in [-0.3, -0.25) is 4.79 Å². The Hall–Kier alpha value is -3.40. The Morgan fingerprint density at radius 3 is 2.52 bits per heavy atom. The number of rotatable bonds is 4. The molecule has 27 heavy (non-hydrogen) atoms. The van der Waals surface area contributed by atoms with Crippen LogP contribution >= 0.6 is 0 Å². The smallest absolute Gasteiger partial charge is 0.224 e. The quantitative estimate of drug-likeness (QED) is 0.848. The predicted octanol–water partition coefficient (Wildman–Crippen LogP) is 2.76. The first-order chi connectivity index (χ1) is 13.1. The molecule has 2 aromatic carbocycles. The van der Waals surface area contributed by atoms with E-state index in [-0.39, 0.29) is 18.3 Å². The lowest BCUT2D eigenvalue weighted by atomic mass is 9.95. The van der Waals surface area contributed by atoms with E-state index in [0.29, 0.717) is 24.2 Å². The monoisotopic (exact) mass is 363 g/mol. The number of hydrazone groups is 1. The van der Waals surface area contributed by atoms with E-state index < -0.39 is 5.66 Å². The SMILES string of the molecule is N#CN1CC(Nc2ccccc2)(N2CCCC2=O)C(c2ccc(F)cc2)=N1. The molecule has 7 heteroatoms. The van der Waals surface area contributed by atoms with Crippen LogP contribution in [0.5, 0.6) is 0 Å². The molecule has 2 aliphatic rings. The van der Waals surface area contributed by atoms with Crippen molar-refractivity contribution in [3.05, 3.63) is 66.0 Å². The minimum absolute atomic E-state index is 0.00744. The number of carbonyl (C=O) groups is 1. The maximum atomic E-state index is 13.4. The Morgan fingerprint density at radius 2 is 1.89 bits per heavy atom. The highest BCUT2D eigenvalue weighted by atomic mass is 19.1. The van der Waals surface area contributed by atoms with Gasteiger partial charge in [0, 0.05) is 24.2 Å². The second kappa shape index (κ2) is 6.72. The number of hydrogen-bond donors (Lipinski definition) is 1. The number of halogens is 1. The molecule has 0 spiro atoms. The predicted molar refractivity (Wildman–Crippen MR) is 99.0 cm³/mol. The molecule has 0 aromatic heterocycles. The minimum Gasteiger partial charge on any atom is -0.356 e. The zero-order valence-electron chi connectivity index (χ0n) is 14.6. The molecule has 1 amide bonds. The third-order valence-corrected chi connectivity index (χ3v) is 4.88. The van der Waals surface area contributed by atoms with Crippen LogP contribution in [0.4, 0.5) is 10.1 Å². The molecule has 2 aromatic rings. The summed E-state index contributed by atoms with van der Waals surface area (Å²) >= 11 is 0. The molecular weight excluding hydrogens is 345 g/mol. The fourth-order valence-electron chi connectivity index (χ4n) is 3.68. The van der Waals surface area contributed by atoms with E-state index in [1.165, 1.54) is 17.1 Å². The highest BCUT2D eigenvalue weighted by molar-refractivity contribution is 6.11. The van der Waals surface area contributed by atoms with Crippen LogP contribution in [0.3, 0.4) is 0 Å². The summed E-state index contributed by atoms with van der Waals surface area (Å²) in [7, 11) is 0. The van der Waals surface area contributed by atoms with Gasteiger partial charge in [-0.2, -0.15) is 15.4 Å². The van der Waals surface area contributed by atoms with Gasteiger partial charge in [0.1, 0.15) is 18.1 Å². The number of para-hydroxylation sites is 1. The second-order valence-corrected chi connectivity index (χ2v) is 6.61. The normalized spacial score (nSPS) is 21.9. The zero-order chi connectivity index (χ0) is 18.9. The first-order valence-corrected chi connectivity index (χ1v) is 8.78. The van der Waals surface area contributed by atoms with Crippen molar-refractivity contribution in [2.24, 2.45) is 5.10 Å². The summed E-state index contributed by atoms with van der Waals surface area (Å²) in [6.45, 7) is 0.759. The summed E-state index contributed by atoms with van der Waals surface area (Å²) in [4.78, 5) is 14.4. The lowest BCUT2D eigenvalue weighted by Gasteiger charge is -2.40. The van der Waals surface area contributed by atoms with Crippen LogP contribution in [0.25, 0.3) is 0 Å². The van der Waals surface area contributed by atoms with E-state index in [2.05, 4.69) is 10.4 Å². The fourth-order valence-corrected chi connectivity index (χ4v) is 3.68. The molecular formula is C20H18FN5O. The Morgan fingerprint density at radius 1 is 1.15 bits per heavy atom. The molecule has 0 radical (unpaired) electrons. The van der Waals surface area contributed by atoms with Gasteiger partial charge in [-0.15, -0.1) is 0 Å². The zero-order valence-corrected chi connectivity index (χ0v) is 14.6. The molecule has 1 N–H and O–H groups in total. The van der Waals surface area contributed by atoms with E-state index in [1.807, 2.05) is 36.5 Å². The number of hydrogen-bond acceptors (Lipinski definition) is 5. The van der Waals surface area contributed by atoms with Gasteiger partial charge in [0.15, 0.2) is 5.66 Å². The molecule has 1 saturated heterocycles. The Balaban J connectivity index is 1.84. The summed E-state index contributed by atoms with van der Waals surface area (Å²) in [6, 6.07) is 15.5. The van der Waals surface area contributed by atoms with E-state index in [9.17, 15) is 14.4 Å². The number of anilines is 1. The molecule has 136 valence electrons. The van der Waals surface area contributed by atoms with Gasteiger partial charge in [-0.25, -0.2) is 4.39 Å². The van der Waals surface area contributed by atoms with Crippen molar-refractivity contribution in [1.29, 1.82) is 5.26 Å². The molecule has 1 unspecified atom stereocenters. The van der Waals surface area contributed by atoms with Crippen LogP contribution in [0.15, 0.2) is 59.7 Å². The summed E-state index contributed by atoms with van der Waals surface area (Å²) < 4.78 is 13.4. The number of nitriles is 1. The van der Waals surface area contributed by atoms with E-state index in [1.54, 1.807) is 17.0 Å². The van der Waals surface area contributed by atoms with Crippen LogP contribution in [-0.2, 0) is 4.79 Å². The van der Waals surface area contributed by atoms with Gasteiger partial charge < -0.3 is 10.2 Å². The lowest BCUT2D eigenvalue weighted by Crippen LogP contribution is -2.62. The molecule has 6 nitrogen and oxygen atoms in total. The summed E-state index contributed by atoms with van der Waals surface area (Å²) in [5, 5.41) is 18.6. The van der Waals surface area contributed by atoms with Gasteiger partial charge in [0.25, 0.3) is 0 Å². The van der Waals surface area contributed by atoms with Crippen LogP contribution in [0, 0.1) is 17.3 Å². The van der Waals surface area contributed by atoms with E-state index in [4.69, 9.17) is 0 Å². The van der Waals surface area contributed by atoms with Gasteiger partial charge in [-0.05, 0) is 30.7 Å². The molecule has 2 heterocycles. The summed E-state index contributed by atoms with van der Waals surface area (Å²) in [5.41, 5.74) is 1.01. The topological polar surface area (TPSA) is 71.7 Å². The molecule has 1 fully saturated rings. The fraction of sp³-hybridized carbons (Fsp3) is 0.250. The van der Waals surface area contributed by atoms with Crippen molar-refractivity contribution in [2.75, 3.05) is 18.4 Å². The average molecular weight is 363 g/mol. The number of nitrogens with one attached hydrogen (secondary N) is 1. The van der Waals surface area contributed by atoms with Crippen LogP contribution in [-0.4, -0.2) is 40.3 Å². The van der Waals surface area contributed by atoms with Crippen molar-refractivity contribution in [3.63, 3.8) is 0 Å². The first-order valence-electron chi connectivity index (χ1n) is 8.78. The third kappa shape index (κ3) is 2.99. The minimum atomic E-state index is -0.998. The molecule has 0 saturated carbocycles. The highest BCUT2D eigenvalue weighted by Gasteiger charge is 2.51. The van der Waals surface area contributed by atoms with Crippen LogP contribution < -0.4 is 5.32 Å². The number of carbonyl (C=O) groups excluding carboxylic acids is 1. The maximum Gasteiger partial charge on any atom is 0.224 e. The van der Waals surface area contributed by atoms with Crippen molar-refractivity contribution < 1.29 is 9.18 Å².